The van der Waals surface area contributed by atoms with Gasteiger partial charge < -0.3 is 9.47 Å². The van der Waals surface area contributed by atoms with Gasteiger partial charge in [-0.1, -0.05) is 6.07 Å². The van der Waals surface area contributed by atoms with Gasteiger partial charge in [-0.05, 0) is 54.8 Å². The maximum absolute atomic E-state index is 12.7. The van der Waals surface area contributed by atoms with E-state index in [9.17, 15) is 9.18 Å². The van der Waals surface area contributed by atoms with Crippen LogP contribution in [0, 0.1) is 0 Å². The Morgan fingerprint density at radius 2 is 2.03 bits per heavy atom. The SMILES string of the molecule is O=c1ccn(-c2cccc(OCF)c2)nc1-c1ccnn1-c1ccc2c(c1)CCCO2. The van der Waals surface area contributed by atoms with E-state index in [1.165, 1.54) is 6.07 Å². The van der Waals surface area contributed by atoms with Crippen LogP contribution in [0.2, 0.25) is 0 Å². The van der Waals surface area contributed by atoms with Gasteiger partial charge in [0.05, 0.1) is 29.9 Å². The predicted molar refractivity (Wildman–Crippen MR) is 113 cm³/mol. The van der Waals surface area contributed by atoms with Crippen LogP contribution in [0.5, 0.6) is 11.5 Å². The van der Waals surface area contributed by atoms with E-state index in [4.69, 9.17) is 9.47 Å². The highest BCUT2D eigenvalue weighted by molar-refractivity contribution is 5.58. The molecule has 0 fully saturated rings. The van der Waals surface area contributed by atoms with E-state index in [1.54, 1.807) is 52.1 Å². The van der Waals surface area contributed by atoms with E-state index in [1.807, 2.05) is 18.2 Å². The molecule has 0 aliphatic carbocycles. The molecule has 0 saturated carbocycles. The molecule has 7 nitrogen and oxygen atoms in total. The summed E-state index contributed by atoms with van der Waals surface area (Å²) in [6.07, 6.45) is 5.11. The van der Waals surface area contributed by atoms with Gasteiger partial charge in [-0.15, -0.1) is 0 Å². The normalized spacial score (nSPS) is 12.8. The fourth-order valence-corrected chi connectivity index (χ4v) is 3.67. The molecule has 0 atom stereocenters. The second-order valence-electron chi connectivity index (χ2n) is 7.10. The number of benzene rings is 2. The molecule has 0 N–H and O–H groups in total. The van der Waals surface area contributed by atoms with Crippen LogP contribution in [0.4, 0.5) is 4.39 Å². The lowest BCUT2D eigenvalue weighted by Crippen LogP contribution is -2.15. The molecule has 0 spiro atoms. The lowest BCUT2D eigenvalue weighted by Gasteiger charge is -2.18. The fourth-order valence-electron chi connectivity index (χ4n) is 3.67. The van der Waals surface area contributed by atoms with Crippen molar-refractivity contribution in [1.82, 2.24) is 19.6 Å². The lowest BCUT2D eigenvalue weighted by molar-refractivity contribution is 0.191. The van der Waals surface area contributed by atoms with E-state index in [2.05, 4.69) is 10.2 Å². The molecule has 1 aliphatic heterocycles. The smallest absolute Gasteiger partial charge is 0.228 e. The van der Waals surface area contributed by atoms with Crippen LogP contribution in [0.15, 0.2) is 71.8 Å². The maximum atomic E-state index is 12.7. The van der Waals surface area contributed by atoms with Crippen molar-refractivity contribution in [2.75, 3.05) is 13.5 Å². The molecule has 0 amide bonds. The summed E-state index contributed by atoms with van der Waals surface area (Å²) in [6, 6.07) is 15.9. The molecule has 0 unspecified atom stereocenters. The van der Waals surface area contributed by atoms with Crippen LogP contribution in [-0.4, -0.2) is 33.0 Å². The zero-order valence-electron chi connectivity index (χ0n) is 16.6. The first-order valence-electron chi connectivity index (χ1n) is 9.92. The minimum atomic E-state index is -0.919. The third-order valence-corrected chi connectivity index (χ3v) is 5.13. The molecule has 31 heavy (non-hydrogen) atoms. The van der Waals surface area contributed by atoms with Crippen LogP contribution < -0.4 is 14.9 Å². The summed E-state index contributed by atoms with van der Waals surface area (Å²) in [5, 5.41) is 8.95. The number of rotatable bonds is 5. The number of nitrogens with zero attached hydrogens (tertiary/aromatic N) is 4. The van der Waals surface area contributed by atoms with Gasteiger partial charge in [-0.2, -0.15) is 10.2 Å². The van der Waals surface area contributed by atoms with Gasteiger partial charge in [0.1, 0.15) is 11.5 Å². The number of aromatic nitrogens is 4. The number of aryl methyl sites for hydroxylation is 1. The molecule has 2 aromatic carbocycles. The van der Waals surface area contributed by atoms with Crippen LogP contribution >= 0.6 is 0 Å². The van der Waals surface area contributed by atoms with Crippen LogP contribution in [0.25, 0.3) is 22.8 Å². The number of ether oxygens (including phenoxy) is 2. The average Bonchev–Trinajstić information content (AvgIpc) is 3.29. The van der Waals surface area contributed by atoms with E-state index < -0.39 is 6.86 Å². The second-order valence-corrected chi connectivity index (χ2v) is 7.10. The molecule has 0 saturated heterocycles. The highest BCUT2D eigenvalue weighted by atomic mass is 19.1. The Kier molecular flexibility index (Phi) is 4.95. The standard InChI is InChI=1S/C23H19FN4O3/c24-15-31-19-5-1-4-17(14-19)27-11-9-21(29)23(26-27)20-8-10-25-28(20)18-6-7-22-16(13-18)3-2-12-30-22/h1,4-11,13-14H,2-3,12,15H2. The second kappa shape index (κ2) is 8.06. The van der Waals surface area contributed by atoms with Crippen molar-refractivity contribution >= 4 is 0 Å². The molecule has 3 heterocycles. The molecule has 5 rings (SSSR count). The highest BCUT2D eigenvalue weighted by Crippen LogP contribution is 2.28. The molecule has 156 valence electrons. The number of halogens is 1. The molecule has 1 aliphatic rings. The van der Waals surface area contributed by atoms with Gasteiger partial charge in [0, 0.05) is 18.3 Å². The van der Waals surface area contributed by atoms with E-state index in [0.29, 0.717) is 17.1 Å². The Morgan fingerprint density at radius 1 is 1.10 bits per heavy atom. The predicted octanol–water partition coefficient (Wildman–Crippen LogP) is 3.72. The van der Waals surface area contributed by atoms with Crippen molar-refractivity contribution in [2.24, 2.45) is 0 Å². The van der Waals surface area contributed by atoms with Crippen molar-refractivity contribution in [3.05, 3.63) is 82.8 Å². The fraction of sp³-hybridized carbons (Fsp3) is 0.174. The zero-order chi connectivity index (χ0) is 21.2. The van der Waals surface area contributed by atoms with Crippen molar-refractivity contribution in [3.8, 4) is 34.3 Å². The van der Waals surface area contributed by atoms with Gasteiger partial charge in [0.25, 0.3) is 0 Å². The van der Waals surface area contributed by atoms with E-state index in [0.717, 1.165) is 36.4 Å². The van der Waals surface area contributed by atoms with Gasteiger partial charge in [-0.25, -0.2) is 13.8 Å². The summed E-state index contributed by atoms with van der Waals surface area (Å²) in [4.78, 5) is 12.7. The van der Waals surface area contributed by atoms with Crippen molar-refractivity contribution in [2.45, 2.75) is 12.8 Å². The molecule has 4 aromatic rings. The minimum Gasteiger partial charge on any atom is -0.493 e. The minimum absolute atomic E-state index is 0.226. The maximum Gasteiger partial charge on any atom is 0.228 e. The Hall–Kier alpha value is -3.94. The monoisotopic (exact) mass is 418 g/mol. The number of hydrogen-bond donors (Lipinski definition) is 0. The third-order valence-electron chi connectivity index (χ3n) is 5.13. The summed E-state index contributed by atoms with van der Waals surface area (Å²) in [6.45, 7) is -0.193. The third kappa shape index (κ3) is 3.68. The number of alkyl halides is 1. The molecule has 8 heteroatoms. The zero-order valence-corrected chi connectivity index (χ0v) is 16.6. The van der Waals surface area contributed by atoms with Crippen LogP contribution in [-0.2, 0) is 6.42 Å². The number of fused-ring (bicyclic) bond motifs is 1. The largest absolute Gasteiger partial charge is 0.493 e. The molecule has 0 bridgehead atoms. The molecular weight excluding hydrogens is 399 g/mol. The van der Waals surface area contributed by atoms with E-state index >= 15 is 0 Å². The highest BCUT2D eigenvalue weighted by Gasteiger charge is 2.16. The molecule has 2 aromatic heterocycles. The summed E-state index contributed by atoms with van der Waals surface area (Å²) >= 11 is 0. The molecule has 0 radical (unpaired) electrons. The van der Waals surface area contributed by atoms with Gasteiger partial charge >= 0.3 is 0 Å². The van der Waals surface area contributed by atoms with Gasteiger partial charge in [0.15, 0.2) is 5.69 Å². The average molecular weight is 418 g/mol. The van der Waals surface area contributed by atoms with Crippen molar-refractivity contribution < 1.29 is 13.9 Å². The molecular formula is C23H19FN4O3. The van der Waals surface area contributed by atoms with Gasteiger partial charge in [0.2, 0.25) is 12.3 Å². The Morgan fingerprint density at radius 3 is 2.94 bits per heavy atom. The first-order chi connectivity index (χ1) is 15.2. The Bertz CT molecular complexity index is 1300. The topological polar surface area (TPSA) is 71.2 Å². The lowest BCUT2D eigenvalue weighted by atomic mass is 10.1. The number of hydrogen-bond acceptors (Lipinski definition) is 5. The Balaban J connectivity index is 1.57. The first-order valence-corrected chi connectivity index (χ1v) is 9.92. The summed E-state index contributed by atoms with van der Waals surface area (Å²) in [7, 11) is 0. The first kappa shape index (κ1) is 19.0. The van der Waals surface area contributed by atoms with Crippen LogP contribution in [0.1, 0.15) is 12.0 Å². The van der Waals surface area contributed by atoms with Gasteiger partial charge in [-0.3, -0.25) is 4.79 Å². The van der Waals surface area contributed by atoms with Crippen molar-refractivity contribution in [1.29, 1.82) is 0 Å². The summed E-state index contributed by atoms with van der Waals surface area (Å²) in [5.41, 5.74) is 3.20. The summed E-state index contributed by atoms with van der Waals surface area (Å²) in [5.74, 6) is 1.27. The van der Waals surface area contributed by atoms with E-state index in [-0.39, 0.29) is 11.1 Å². The summed E-state index contributed by atoms with van der Waals surface area (Å²) < 4.78 is 26.4. The Labute approximate surface area is 177 Å². The van der Waals surface area contributed by atoms with Crippen molar-refractivity contribution in [3.63, 3.8) is 0 Å². The quantitative estimate of drug-likeness (QED) is 0.494. The van der Waals surface area contributed by atoms with Crippen LogP contribution in [0.3, 0.4) is 0 Å².